The summed E-state index contributed by atoms with van der Waals surface area (Å²) in [4.78, 5) is 35.4. The van der Waals surface area contributed by atoms with Crippen molar-refractivity contribution in [2.24, 2.45) is 10.9 Å². The Balaban J connectivity index is 1.59. The highest BCUT2D eigenvalue weighted by Crippen LogP contribution is 2.24. The third kappa shape index (κ3) is 8.05. The van der Waals surface area contributed by atoms with Crippen LogP contribution in [0.2, 0.25) is 0 Å². The molecule has 3 fully saturated rings. The highest BCUT2D eigenvalue weighted by atomic mass is 16.6. The second kappa shape index (κ2) is 13.8. The lowest BCUT2D eigenvalue weighted by molar-refractivity contribution is -0.119. The van der Waals surface area contributed by atoms with E-state index in [1.165, 1.54) is 6.42 Å². The first-order valence-corrected chi connectivity index (χ1v) is 14.2. The summed E-state index contributed by atoms with van der Waals surface area (Å²) < 4.78 is 11.2. The van der Waals surface area contributed by atoms with Gasteiger partial charge in [-0.1, -0.05) is 18.6 Å². The average molecular weight is 527 g/mol. The largest absolute Gasteiger partial charge is 0.446 e. The van der Waals surface area contributed by atoms with Crippen LogP contribution in [-0.2, 0) is 14.3 Å². The lowest BCUT2D eigenvalue weighted by atomic mass is 9.88. The molecule has 2 saturated heterocycles. The van der Waals surface area contributed by atoms with Crippen LogP contribution in [-0.4, -0.2) is 85.8 Å². The van der Waals surface area contributed by atoms with E-state index in [1.807, 2.05) is 18.0 Å². The van der Waals surface area contributed by atoms with E-state index in [-0.39, 0.29) is 23.7 Å². The Kier molecular flexibility index (Phi) is 10.2. The van der Waals surface area contributed by atoms with Gasteiger partial charge < -0.3 is 24.6 Å². The molecule has 1 atom stereocenters. The fourth-order valence-corrected chi connectivity index (χ4v) is 5.41. The maximum atomic E-state index is 13.7. The Labute approximate surface area is 226 Å². The van der Waals surface area contributed by atoms with E-state index in [0.717, 1.165) is 58.0 Å². The number of carbonyl (C=O) groups is 2. The van der Waals surface area contributed by atoms with Crippen molar-refractivity contribution >= 4 is 18.0 Å². The van der Waals surface area contributed by atoms with Gasteiger partial charge in [-0.05, 0) is 76.8 Å². The number of hydrogen-bond donors (Lipinski definition) is 2. The van der Waals surface area contributed by atoms with Crippen LogP contribution in [0.25, 0.3) is 0 Å². The number of carbonyl (C=O) groups excluding carboxylic acids is 2. The molecule has 38 heavy (non-hydrogen) atoms. The molecule has 0 aromatic rings. The molecule has 10 nitrogen and oxygen atoms in total. The summed E-state index contributed by atoms with van der Waals surface area (Å²) in [5.74, 6) is -0.0585. The van der Waals surface area contributed by atoms with Crippen molar-refractivity contribution in [3.05, 3.63) is 23.9 Å². The zero-order valence-corrected chi connectivity index (χ0v) is 22.6. The molecule has 1 unspecified atom stereocenters. The maximum absolute atomic E-state index is 13.7. The monoisotopic (exact) mass is 526 g/mol. The van der Waals surface area contributed by atoms with Crippen LogP contribution >= 0.6 is 0 Å². The number of hydrogen-bond acceptors (Lipinski definition) is 7. The minimum atomic E-state index is -0.937. The summed E-state index contributed by atoms with van der Waals surface area (Å²) in [6, 6.07) is 2.36. The van der Waals surface area contributed by atoms with Gasteiger partial charge in [-0.2, -0.15) is 5.26 Å². The average Bonchev–Trinajstić information content (AvgIpc) is 2.95. The number of guanidine groups is 1. The Morgan fingerprint density at radius 2 is 1.84 bits per heavy atom. The smallest absolute Gasteiger partial charge is 0.414 e. The molecule has 0 radical (unpaired) electrons. The number of piperidine rings is 1. The first-order chi connectivity index (χ1) is 18.5. The summed E-state index contributed by atoms with van der Waals surface area (Å²) in [5, 5.41) is 15.8. The van der Waals surface area contributed by atoms with Gasteiger partial charge in [-0.3, -0.25) is 10.1 Å². The van der Waals surface area contributed by atoms with E-state index < -0.39 is 17.5 Å². The number of ether oxygens (including phenoxy) is 2. The number of nitrogens with one attached hydrogen (secondary N) is 2. The van der Waals surface area contributed by atoms with Gasteiger partial charge >= 0.3 is 6.09 Å². The first kappa shape index (κ1) is 28.1. The number of nitrogens with zero attached hydrogens (tertiary/aromatic N) is 4. The summed E-state index contributed by atoms with van der Waals surface area (Å²) in [7, 11) is 2.01. The molecule has 4 rings (SSSR count). The van der Waals surface area contributed by atoms with Crippen LogP contribution in [0, 0.1) is 17.2 Å². The van der Waals surface area contributed by atoms with E-state index >= 15 is 0 Å². The molecule has 1 saturated carbocycles. The van der Waals surface area contributed by atoms with Crippen LogP contribution in [0.5, 0.6) is 0 Å². The van der Waals surface area contributed by atoms with Crippen LogP contribution in [0.15, 0.2) is 28.9 Å². The van der Waals surface area contributed by atoms with Crippen molar-refractivity contribution in [3.63, 3.8) is 0 Å². The van der Waals surface area contributed by atoms with Crippen molar-refractivity contribution in [1.82, 2.24) is 20.4 Å². The SMILES string of the molecule is CN1CCC(C#N)(NC(=O)/C(=C\C2C=CCCC2)N=C(NC(=O)OC2CCCCC2)N2CCOCC2)CC1. The number of nitriles is 1. The molecule has 0 aromatic carbocycles. The molecule has 2 aliphatic heterocycles. The second-order valence-electron chi connectivity index (χ2n) is 10.9. The topological polar surface area (TPSA) is 119 Å². The van der Waals surface area contributed by atoms with Crippen molar-refractivity contribution in [3.8, 4) is 6.07 Å². The lowest BCUT2D eigenvalue weighted by Gasteiger charge is -2.36. The number of morpholine rings is 1. The molecule has 0 aromatic heterocycles. The minimum Gasteiger partial charge on any atom is -0.446 e. The summed E-state index contributed by atoms with van der Waals surface area (Å²) in [6.07, 6.45) is 14.5. The first-order valence-electron chi connectivity index (χ1n) is 14.2. The Morgan fingerprint density at radius 1 is 1.11 bits per heavy atom. The van der Waals surface area contributed by atoms with Gasteiger partial charge in [-0.25, -0.2) is 9.79 Å². The minimum absolute atomic E-state index is 0.0592. The van der Waals surface area contributed by atoms with Crippen molar-refractivity contribution in [1.29, 1.82) is 5.26 Å². The van der Waals surface area contributed by atoms with Gasteiger partial charge in [0.15, 0.2) is 0 Å². The zero-order valence-electron chi connectivity index (χ0n) is 22.6. The lowest BCUT2D eigenvalue weighted by Crippen LogP contribution is -2.54. The number of rotatable bonds is 5. The number of alkyl carbamates (subject to hydrolysis) is 1. The third-order valence-electron chi connectivity index (χ3n) is 7.88. The van der Waals surface area contributed by atoms with Crippen LogP contribution in [0.1, 0.15) is 64.2 Å². The zero-order chi connectivity index (χ0) is 26.8. The molecule has 2 amide bonds. The van der Waals surface area contributed by atoms with Gasteiger partial charge in [0.25, 0.3) is 5.91 Å². The van der Waals surface area contributed by atoms with Gasteiger partial charge in [0.05, 0.1) is 19.3 Å². The summed E-state index contributed by atoms with van der Waals surface area (Å²) in [5.41, 5.74) is -0.734. The fourth-order valence-electron chi connectivity index (χ4n) is 5.41. The van der Waals surface area contributed by atoms with E-state index in [0.29, 0.717) is 39.1 Å². The van der Waals surface area contributed by atoms with E-state index in [9.17, 15) is 14.9 Å². The molecule has 2 N–H and O–H groups in total. The number of allylic oxidation sites excluding steroid dienone is 3. The fraction of sp³-hybridized carbons (Fsp3) is 0.714. The summed E-state index contributed by atoms with van der Waals surface area (Å²) in [6.45, 7) is 3.54. The van der Waals surface area contributed by atoms with Gasteiger partial charge in [0, 0.05) is 26.2 Å². The number of likely N-dealkylation sites (tertiary alicyclic amines) is 1. The quantitative estimate of drug-likeness (QED) is 0.245. The van der Waals surface area contributed by atoms with Crippen LogP contribution in [0.4, 0.5) is 4.79 Å². The maximum Gasteiger partial charge on any atom is 0.414 e. The van der Waals surface area contributed by atoms with Gasteiger partial charge in [0.1, 0.15) is 17.3 Å². The molecule has 208 valence electrons. The highest BCUT2D eigenvalue weighted by molar-refractivity contribution is 6.00. The predicted molar refractivity (Wildman–Crippen MR) is 144 cm³/mol. The molecule has 2 aliphatic carbocycles. The van der Waals surface area contributed by atoms with Crippen LogP contribution in [0.3, 0.4) is 0 Å². The Hall–Kier alpha value is -2.90. The Bertz CT molecular complexity index is 951. The van der Waals surface area contributed by atoms with Gasteiger partial charge in [-0.15, -0.1) is 0 Å². The van der Waals surface area contributed by atoms with Crippen LogP contribution < -0.4 is 10.6 Å². The molecule has 10 heteroatoms. The van der Waals surface area contributed by atoms with E-state index in [4.69, 9.17) is 14.5 Å². The molecule has 0 spiro atoms. The van der Waals surface area contributed by atoms with E-state index in [2.05, 4.69) is 33.8 Å². The van der Waals surface area contributed by atoms with Crippen molar-refractivity contribution in [2.75, 3.05) is 46.4 Å². The van der Waals surface area contributed by atoms with Gasteiger partial charge in [0.2, 0.25) is 5.96 Å². The van der Waals surface area contributed by atoms with E-state index in [1.54, 1.807) is 0 Å². The summed E-state index contributed by atoms with van der Waals surface area (Å²) >= 11 is 0. The predicted octanol–water partition coefficient (Wildman–Crippen LogP) is 3.08. The normalized spacial score (nSPS) is 25.4. The molecule has 0 bridgehead atoms. The molecular weight excluding hydrogens is 484 g/mol. The third-order valence-corrected chi connectivity index (χ3v) is 7.88. The molecular formula is C28H42N6O4. The van der Waals surface area contributed by atoms with Crippen molar-refractivity contribution in [2.45, 2.75) is 75.9 Å². The second-order valence-corrected chi connectivity index (χ2v) is 10.9. The standard InChI is InChI=1S/C28H42N6O4/c1-33-14-12-28(21-29,13-15-33)32-25(35)24(20-22-8-4-2-5-9-22)30-26(34-16-18-37-19-17-34)31-27(36)38-23-10-6-3-7-11-23/h4,8,20,22-23H,2-3,5-7,9-19H2,1H3,(H,32,35)(H,30,31,36)/b24-20+. The van der Waals surface area contributed by atoms with Crippen molar-refractivity contribution < 1.29 is 19.1 Å². The highest BCUT2D eigenvalue weighted by Gasteiger charge is 2.36. The number of amides is 2. The number of aliphatic imine (C=N–C) groups is 1. The Morgan fingerprint density at radius 3 is 2.50 bits per heavy atom. The molecule has 4 aliphatic rings. The molecule has 2 heterocycles.